The fourth-order valence-electron chi connectivity index (χ4n) is 3.89. The van der Waals surface area contributed by atoms with Crippen LogP contribution in [-0.2, 0) is 16.9 Å². The summed E-state index contributed by atoms with van der Waals surface area (Å²) >= 11 is 5.97. The molecule has 3 aromatic carbocycles. The minimum atomic E-state index is -1.90. The fourth-order valence-corrected chi connectivity index (χ4v) is 4.01. The first-order chi connectivity index (χ1) is 14.8. The van der Waals surface area contributed by atoms with Gasteiger partial charge in [-0.2, -0.15) is 0 Å². The van der Waals surface area contributed by atoms with Gasteiger partial charge < -0.3 is 14.9 Å². The second-order valence-electron chi connectivity index (χ2n) is 7.94. The number of hydrogen-bond acceptors (Lipinski definition) is 4. The summed E-state index contributed by atoms with van der Waals surface area (Å²) in [5.74, 6) is -0.786. The Hall–Kier alpha value is -3.15. The summed E-state index contributed by atoms with van der Waals surface area (Å²) < 4.78 is 0. The lowest BCUT2D eigenvalue weighted by molar-refractivity contribution is -0.136. The zero-order valence-corrected chi connectivity index (χ0v) is 18.1. The number of halogens is 1. The number of benzene rings is 3. The molecule has 31 heavy (non-hydrogen) atoms. The molecule has 0 bridgehead atoms. The third-order valence-electron chi connectivity index (χ3n) is 5.62. The smallest absolute Gasteiger partial charge is 0.264 e. The Bertz CT molecular complexity index is 1130. The van der Waals surface area contributed by atoms with Gasteiger partial charge in [-0.15, -0.1) is 0 Å². The number of ketones is 1. The predicted octanol–water partition coefficient (Wildman–Crippen LogP) is 4.41. The normalized spacial score (nSPS) is 17.5. The second-order valence-corrected chi connectivity index (χ2v) is 8.37. The summed E-state index contributed by atoms with van der Waals surface area (Å²) in [6, 6.07) is 21.4. The quantitative estimate of drug-likeness (QED) is 0.583. The van der Waals surface area contributed by atoms with Gasteiger partial charge in [0.15, 0.2) is 11.4 Å². The lowest BCUT2D eigenvalue weighted by atomic mass is 9.88. The van der Waals surface area contributed by atoms with Gasteiger partial charge in [0, 0.05) is 35.9 Å². The molecule has 0 spiro atoms. The molecule has 1 heterocycles. The molecule has 5 nitrogen and oxygen atoms in total. The van der Waals surface area contributed by atoms with E-state index in [-0.39, 0.29) is 18.7 Å². The van der Waals surface area contributed by atoms with Gasteiger partial charge in [0.1, 0.15) is 0 Å². The number of nitrogens with zero attached hydrogens (tertiary/aromatic N) is 2. The molecule has 0 aromatic heterocycles. The highest BCUT2D eigenvalue weighted by Crippen LogP contribution is 2.43. The number of amides is 1. The van der Waals surface area contributed by atoms with E-state index in [1.165, 1.54) is 4.90 Å². The first-order valence-corrected chi connectivity index (χ1v) is 10.4. The Morgan fingerprint density at radius 2 is 1.65 bits per heavy atom. The van der Waals surface area contributed by atoms with Crippen molar-refractivity contribution in [2.75, 3.05) is 23.9 Å². The van der Waals surface area contributed by atoms with E-state index in [4.69, 9.17) is 11.6 Å². The number of fused-ring (bicyclic) bond motifs is 1. The highest BCUT2D eigenvalue weighted by molar-refractivity contribution is 6.30. The van der Waals surface area contributed by atoms with Crippen molar-refractivity contribution in [1.29, 1.82) is 0 Å². The summed E-state index contributed by atoms with van der Waals surface area (Å²) in [7, 11) is 3.84. The van der Waals surface area contributed by atoms with E-state index in [9.17, 15) is 14.7 Å². The third kappa shape index (κ3) is 3.94. The minimum absolute atomic E-state index is 0.279. The van der Waals surface area contributed by atoms with E-state index < -0.39 is 11.5 Å². The van der Waals surface area contributed by atoms with Gasteiger partial charge in [-0.1, -0.05) is 41.9 Å². The molecule has 3 aromatic rings. The Kier molecular flexibility index (Phi) is 5.56. The highest BCUT2D eigenvalue weighted by atomic mass is 35.5. The molecule has 0 aliphatic carbocycles. The number of para-hydroxylation sites is 1. The maximum Gasteiger partial charge on any atom is 0.264 e. The van der Waals surface area contributed by atoms with E-state index >= 15 is 0 Å². The number of carbonyl (C=O) groups excluding carboxylic acids is 2. The van der Waals surface area contributed by atoms with Gasteiger partial charge in [0.25, 0.3) is 5.91 Å². The Morgan fingerprint density at radius 3 is 2.29 bits per heavy atom. The molecule has 0 saturated carbocycles. The molecule has 1 aliphatic rings. The van der Waals surface area contributed by atoms with Crippen LogP contribution in [0, 0.1) is 0 Å². The fraction of sp³-hybridized carbons (Fsp3) is 0.200. The van der Waals surface area contributed by atoms with Gasteiger partial charge in [-0.05, 0) is 48.0 Å². The van der Waals surface area contributed by atoms with E-state index in [1.807, 2.05) is 49.3 Å². The molecule has 1 aliphatic heterocycles. The molecule has 0 radical (unpaired) electrons. The van der Waals surface area contributed by atoms with Crippen LogP contribution in [0.15, 0.2) is 72.8 Å². The molecule has 1 amide bonds. The van der Waals surface area contributed by atoms with Crippen molar-refractivity contribution in [1.82, 2.24) is 0 Å². The Morgan fingerprint density at radius 1 is 1.00 bits per heavy atom. The molecule has 1 N–H and O–H groups in total. The number of hydrogen-bond donors (Lipinski definition) is 1. The number of rotatable bonds is 6. The van der Waals surface area contributed by atoms with Crippen molar-refractivity contribution in [3.05, 3.63) is 94.5 Å². The maximum absolute atomic E-state index is 13.4. The van der Waals surface area contributed by atoms with Crippen LogP contribution in [0.3, 0.4) is 0 Å². The SMILES string of the molecule is CN(C)c1ccc(C(=O)C[C@@]2(O)C(=O)N(Cc3ccc(Cl)cc3)c3ccccc32)cc1. The predicted molar refractivity (Wildman–Crippen MR) is 123 cm³/mol. The van der Waals surface area contributed by atoms with Crippen LogP contribution >= 0.6 is 11.6 Å². The lowest BCUT2D eigenvalue weighted by Crippen LogP contribution is -2.41. The average molecular weight is 435 g/mol. The van der Waals surface area contributed by atoms with Gasteiger partial charge in [-0.3, -0.25) is 9.59 Å². The van der Waals surface area contributed by atoms with Gasteiger partial charge >= 0.3 is 0 Å². The van der Waals surface area contributed by atoms with E-state index in [2.05, 4.69) is 0 Å². The summed E-state index contributed by atoms with van der Waals surface area (Å²) in [5.41, 5.74) is 1.46. The molecule has 0 fully saturated rings. The van der Waals surface area contributed by atoms with Crippen LogP contribution in [-0.4, -0.2) is 30.9 Å². The van der Waals surface area contributed by atoms with Crippen molar-refractivity contribution in [3.63, 3.8) is 0 Å². The maximum atomic E-state index is 13.4. The number of anilines is 2. The zero-order valence-electron chi connectivity index (χ0n) is 17.4. The van der Waals surface area contributed by atoms with Crippen molar-refractivity contribution in [3.8, 4) is 0 Å². The van der Waals surface area contributed by atoms with Gasteiger partial charge in [0.2, 0.25) is 0 Å². The molecule has 6 heteroatoms. The summed E-state index contributed by atoms with van der Waals surface area (Å²) in [6.45, 7) is 0.279. The van der Waals surface area contributed by atoms with Crippen molar-refractivity contribution < 1.29 is 14.7 Å². The van der Waals surface area contributed by atoms with Crippen LogP contribution in [0.2, 0.25) is 5.02 Å². The first kappa shape index (κ1) is 21.1. The topological polar surface area (TPSA) is 60.9 Å². The molecular formula is C25H23ClN2O3. The van der Waals surface area contributed by atoms with Crippen LogP contribution < -0.4 is 9.80 Å². The van der Waals surface area contributed by atoms with E-state index in [0.717, 1.165) is 11.3 Å². The standard InChI is InChI=1S/C25H23ClN2O3/c1-27(2)20-13-9-18(10-14-20)23(29)15-25(31)21-5-3-4-6-22(21)28(24(25)30)16-17-7-11-19(26)12-8-17/h3-14,31H,15-16H2,1-2H3/t25-/m0/s1. The molecule has 4 rings (SSSR count). The van der Waals surface area contributed by atoms with Crippen LogP contribution in [0.5, 0.6) is 0 Å². The summed E-state index contributed by atoms with van der Waals surface area (Å²) in [6.07, 6.45) is -0.318. The monoisotopic (exact) mass is 434 g/mol. The first-order valence-electron chi connectivity index (χ1n) is 9.98. The van der Waals surface area contributed by atoms with Gasteiger partial charge in [0.05, 0.1) is 18.7 Å². The van der Waals surface area contributed by atoms with Crippen LogP contribution in [0.25, 0.3) is 0 Å². The minimum Gasteiger partial charge on any atom is -0.378 e. The highest BCUT2D eigenvalue weighted by Gasteiger charge is 2.50. The largest absolute Gasteiger partial charge is 0.378 e. The Balaban J connectivity index is 1.63. The van der Waals surface area contributed by atoms with Crippen LogP contribution in [0.4, 0.5) is 11.4 Å². The van der Waals surface area contributed by atoms with Crippen molar-refractivity contribution in [2.45, 2.75) is 18.6 Å². The number of aliphatic hydroxyl groups is 1. The zero-order chi connectivity index (χ0) is 22.2. The molecule has 0 unspecified atom stereocenters. The average Bonchev–Trinajstić information content (AvgIpc) is 2.97. The summed E-state index contributed by atoms with van der Waals surface area (Å²) in [4.78, 5) is 29.8. The Labute approximate surface area is 186 Å². The van der Waals surface area contributed by atoms with Gasteiger partial charge in [-0.25, -0.2) is 0 Å². The molecule has 158 valence electrons. The second kappa shape index (κ2) is 8.17. The number of Topliss-reactive ketones (excluding diaryl/α,β-unsaturated/α-hetero) is 1. The molecule has 0 saturated heterocycles. The van der Waals surface area contributed by atoms with E-state index in [0.29, 0.717) is 21.8 Å². The third-order valence-corrected chi connectivity index (χ3v) is 5.87. The van der Waals surface area contributed by atoms with Crippen LogP contribution in [0.1, 0.15) is 27.9 Å². The molecule has 1 atom stereocenters. The number of carbonyl (C=O) groups is 2. The lowest BCUT2D eigenvalue weighted by Gasteiger charge is -2.23. The van der Waals surface area contributed by atoms with Crippen molar-refractivity contribution >= 4 is 34.7 Å². The molecular weight excluding hydrogens is 412 g/mol. The van der Waals surface area contributed by atoms with Crippen molar-refractivity contribution in [2.24, 2.45) is 0 Å². The van der Waals surface area contributed by atoms with E-state index in [1.54, 1.807) is 42.5 Å². The summed E-state index contributed by atoms with van der Waals surface area (Å²) in [5, 5.41) is 12.0.